The predicted octanol–water partition coefficient (Wildman–Crippen LogP) is 12.3. The van der Waals surface area contributed by atoms with Crippen LogP contribution in [0.15, 0.2) is 180 Å². The summed E-state index contributed by atoms with van der Waals surface area (Å²) in [6.45, 7) is 4.98. The van der Waals surface area contributed by atoms with Gasteiger partial charge in [0.15, 0.2) is 0 Å². The van der Waals surface area contributed by atoms with Crippen LogP contribution in [0.4, 0.5) is 17.1 Å². The third-order valence-corrected chi connectivity index (χ3v) is 14.4. The minimum absolute atomic E-state index is 0.944. The molecule has 0 N–H and O–H groups in total. The number of fused-ring (bicyclic) bond motifs is 8. The number of para-hydroxylation sites is 3. The van der Waals surface area contributed by atoms with Crippen molar-refractivity contribution in [3.63, 3.8) is 0 Å². The standard InChI is InChI=1S/C48H35NOSi/c1-51(2)45-30-29-40-39-22-10-13-26-44(39)50-48(40)47(45)41-28-27-34(31-46(41)51)49(42-24-11-8-20-36(42)33-15-4-3-5-16-33)43-25-12-9-21-38(43)37-23-14-18-32-17-6-7-19-35(32)37/h3-31H,1-2H3. The van der Waals surface area contributed by atoms with Gasteiger partial charge in [0.05, 0.1) is 11.4 Å². The average molecular weight is 670 g/mol. The van der Waals surface area contributed by atoms with Crippen molar-refractivity contribution in [1.29, 1.82) is 0 Å². The number of rotatable bonds is 5. The van der Waals surface area contributed by atoms with Gasteiger partial charge >= 0.3 is 0 Å². The van der Waals surface area contributed by atoms with Gasteiger partial charge < -0.3 is 9.32 Å². The summed E-state index contributed by atoms with van der Waals surface area (Å²) in [4.78, 5) is 2.49. The zero-order valence-corrected chi connectivity index (χ0v) is 29.6. The van der Waals surface area contributed by atoms with Crippen molar-refractivity contribution < 1.29 is 4.42 Å². The van der Waals surface area contributed by atoms with Gasteiger partial charge in [-0.1, -0.05) is 159 Å². The second-order valence-corrected chi connectivity index (χ2v) is 18.4. The second-order valence-electron chi connectivity index (χ2n) is 14.1. The first-order valence-corrected chi connectivity index (χ1v) is 20.7. The van der Waals surface area contributed by atoms with Crippen LogP contribution in [-0.4, -0.2) is 8.07 Å². The van der Waals surface area contributed by atoms with E-state index in [0.29, 0.717) is 0 Å². The van der Waals surface area contributed by atoms with Crippen LogP contribution in [0.5, 0.6) is 0 Å². The highest BCUT2D eigenvalue weighted by molar-refractivity contribution is 7.04. The molecule has 0 spiro atoms. The van der Waals surface area contributed by atoms with E-state index in [2.05, 4.69) is 194 Å². The third kappa shape index (κ3) is 4.55. The van der Waals surface area contributed by atoms with Gasteiger partial charge in [0.25, 0.3) is 0 Å². The predicted molar refractivity (Wildman–Crippen MR) is 219 cm³/mol. The van der Waals surface area contributed by atoms with E-state index in [1.165, 1.54) is 65.3 Å². The van der Waals surface area contributed by atoms with Crippen LogP contribution >= 0.6 is 0 Å². The van der Waals surface area contributed by atoms with Gasteiger partial charge in [0.2, 0.25) is 0 Å². The van der Waals surface area contributed by atoms with Crippen molar-refractivity contribution in [1.82, 2.24) is 0 Å². The fourth-order valence-corrected chi connectivity index (χ4v) is 11.5. The Morgan fingerprint density at radius 1 is 0.451 bits per heavy atom. The van der Waals surface area contributed by atoms with Gasteiger partial charge in [0.1, 0.15) is 19.2 Å². The quantitative estimate of drug-likeness (QED) is 0.170. The molecule has 0 atom stereocenters. The van der Waals surface area contributed by atoms with Crippen LogP contribution in [0.25, 0.3) is 66.1 Å². The number of anilines is 3. The van der Waals surface area contributed by atoms with E-state index < -0.39 is 8.07 Å². The lowest BCUT2D eigenvalue weighted by atomic mass is 9.95. The summed E-state index contributed by atoms with van der Waals surface area (Å²) in [6.07, 6.45) is 0. The molecule has 51 heavy (non-hydrogen) atoms. The molecule has 3 heteroatoms. The zero-order valence-electron chi connectivity index (χ0n) is 28.6. The molecule has 1 aromatic heterocycles. The van der Waals surface area contributed by atoms with Crippen molar-refractivity contribution in [3.8, 4) is 33.4 Å². The van der Waals surface area contributed by atoms with Crippen LogP contribution in [0.3, 0.4) is 0 Å². The summed E-state index contributed by atoms with van der Waals surface area (Å²) in [5, 5.41) is 7.72. The maximum atomic E-state index is 6.64. The normalized spacial score (nSPS) is 13.1. The number of hydrogen-bond donors (Lipinski definition) is 0. The van der Waals surface area contributed by atoms with Crippen LogP contribution in [0.2, 0.25) is 13.1 Å². The Morgan fingerprint density at radius 2 is 1.10 bits per heavy atom. The molecular weight excluding hydrogens is 635 g/mol. The third-order valence-electron chi connectivity index (χ3n) is 10.9. The molecule has 10 rings (SSSR count). The van der Waals surface area contributed by atoms with Gasteiger partial charge in [-0.2, -0.15) is 0 Å². The molecular formula is C48H35NOSi. The van der Waals surface area contributed by atoms with E-state index in [4.69, 9.17) is 4.42 Å². The molecule has 0 bridgehead atoms. The number of nitrogens with zero attached hydrogens (tertiary/aromatic N) is 1. The summed E-state index contributed by atoms with van der Waals surface area (Å²) in [6, 6.07) is 64.0. The first-order chi connectivity index (χ1) is 25.1. The minimum Gasteiger partial charge on any atom is -0.455 e. The summed E-state index contributed by atoms with van der Waals surface area (Å²) in [5.74, 6) is 0. The molecule has 0 unspecified atom stereocenters. The Morgan fingerprint density at radius 3 is 1.94 bits per heavy atom. The molecule has 0 aliphatic carbocycles. The SMILES string of the molecule is C[Si]1(C)c2cc(N(c3ccccc3-c3ccccc3)c3ccccc3-c3cccc4ccccc34)ccc2-c2c1ccc1c2oc2ccccc21. The molecule has 0 fully saturated rings. The van der Waals surface area contributed by atoms with Gasteiger partial charge in [-0.3, -0.25) is 0 Å². The first kappa shape index (κ1) is 29.7. The fourth-order valence-electron chi connectivity index (χ4n) is 8.42. The van der Waals surface area contributed by atoms with Crippen LogP contribution in [-0.2, 0) is 0 Å². The Bertz CT molecular complexity index is 2790. The molecule has 1 aliphatic rings. The molecule has 9 aromatic rings. The molecule has 2 nitrogen and oxygen atoms in total. The van der Waals surface area contributed by atoms with E-state index in [0.717, 1.165) is 28.2 Å². The van der Waals surface area contributed by atoms with E-state index in [9.17, 15) is 0 Å². The number of furan rings is 1. The molecule has 0 saturated carbocycles. The molecule has 0 saturated heterocycles. The topological polar surface area (TPSA) is 16.4 Å². The number of benzene rings is 8. The van der Waals surface area contributed by atoms with Crippen molar-refractivity contribution >= 4 is 68.2 Å². The molecule has 8 aromatic carbocycles. The summed E-state index contributed by atoms with van der Waals surface area (Å²) >= 11 is 0. The fraction of sp³-hybridized carbons (Fsp3) is 0.0417. The zero-order chi connectivity index (χ0) is 34.1. The maximum Gasteiger partial charge on any atom is 0.143 e. The number of hydrogen-bond acceptors (Lipinski definition) is 2. The van der Waals surface area contributed by atoms with E-state index in [1.807, 2.05) is 0 Å². The average Bonchev–Trinajstić information content (AvgIpc) is 3.67. The van der Waals surface area contributed by atoms with Crippen LogP contribution in [0, 0.1) is 0 Å². The molecule has 1 aliphatic heterocycles. The molecule has 0 radical (unpaired) electrons. The highest BCUT2D eigenvalue weighted by atomic mass is 28.3. The Balaban J connectivity index is 1.24. The maximum absolute atomic E-state index is 6.64. The van der Waals surface area contributed by atoms with Gasteiger partial charge in [-0.05, 0) is 68.2 Å². The van der Waals surface area contributed by atoms with Gasteiger partial charge in [0, 0.05) is 33.2 Å². The smallest absolute Gasteiger partial charge is 0.143 e. The molecule has 0 amide bonds. The second kappa shape index (κ2) is 11.4. The van der Waals surface area contributed by atoms with Crippen molar-refractivity contribution in [2.24, 2.45) is 0 Å². The Hall–Kier alpha value is -6.16. The lowest BCUT2D eigenvalue weighted by molar-refractivity contribution is 0.670. The largest absolute Gasteiger partial charge is 0.455 e. The van der Waals surface area contributed by atoms with Gasteiger partial charge in [-0.25, -0.2) is 0 Å². The lowest BCUT2D eigenvalue weighted by Crippen LogP contribution is -2.49. The van der Waals surface area contributed by atoms with Crippen molar-refractivity contribution in [2.75, 3.05) is 4.90 Å². The Labute approximate surface area is 298 Å². The van der Waals surface area contributed by atoms with Crippen LogP contribution in [0.1, 0.15) is 0 Å². The lowest BCUT2D eigenvalue weighted by Gasteiger charge is -2.31. The summed E-state index contributed by atoms with van der Waals surface area (Å²) < 4.78 is 6.64. The molecule has 242 valence electrons. The van der Waals surface area contributed by atoms with E-state index in [-0.39, 0.29) is 0 Å². The van der Waals surface area contributed by atoms with Crippen molar-refractivity contribution in [3.05, 3.63) is 176 Å². The minimum atomic E-state index is -2.10. The summed E-state index contributed by atoms with van der Waals surface area (Å²) in [7, 11) is -2.10. The first-order valence-electron chi connectivity index (χ1n) is 17.7. The van der Waals surface area contributed by atoms with E-state index >= 15 is 0 Å². The highest BCUT2D eigenvalue weighted by Gasteiger charge is 2.40. The van der Waals surface area contributed by atoms with Crippen LogP contribution < -0.4 is 15.3 Å². The Kier molecular flexibility index (Phi) is 6.67. The van der Waals surface area contributed by atoms with Crippen molar-refractivity contribution in [2.45, 2.75) is 13.1 Å². The monoisotopic (exact) mass is 669 g/mol. The van der Waals surface area contributed by atoms with Gasteiger partial charge in [-0.15, -0.1) is 0 Å². The highest BCUT2D eigenvalue weighted by Crippen LogP contribution is 2.47. The van der Waals surface area contributed by atoms with E-state index in [1.54, 1.807) is 0 Å². The molecule has 2 heterocycles. The summed E-state index contributed by atoms with van der Waals surface area (Å²) in [5.41, 5.74) is 12.8.